The molecule has 1 aromatic carbocycles. The molecule has 0 spiro atoms. The second kappa shape index (κ2) is 10.5. The fourth-order valence-corrected chi connectivity index (χ4v) is 7.80. The number of para-hydroxylation sites is 1. The van der Waals surface area contributed by atoms with Crippen molar-refractivity contribution in [2.24, 2.45) is 23.2 Å². The fourth-order valence-electron chi connectivity index (χ4n) is 7.80. The van der Waals surface area contributed by atoms with Crippen molar-refractivity contribution >= 4 is 11.8 Å². The van der Waals surface area contributed by atoms with Crippen LogP contribution in [0.5, 0.6) is 5.75 Å². The number of hydrogen-bond donors (Lipinski definition) is 3. The summed E-state index contributed by atoms with van der Waals surface area (Å²) in [6.45, 7) is 3.21. The topological polar surface area (TPSA) is 104 Å². The van der Waals surface area contributed by atoms with E-state index in [1.807, 2.05) is 24.3 Å². The Hall–Kier alpha value is -2.89. The maximum absolute atomic E-state index is 9.71. The van der Waals surface area contributed by atoms with E-state index in [9.17, 15) is 5.26 Å². The molecule has 4 saturated carbocycles. The second-order valence-corrected chi connectivity index (χ2v) is 11.6. The molecule has 5 aliphatic rings. The van der Waals surface area contributed by atoms with E-state index in [0.29, 0.717) is 41.4 Å². The molecule has 196 valence electrons. The fraction of sp³-hybridized carbons (Fsp3) is 0.621. The average molecular weight is 503 g/mol. The summed E-state index contributed by atoms with van der Waals surface area (Å²) in [5, 5.41) is 20.7. The van der Waals surface area contributed by atoms with Crippen molar-refractivity contribution in [2.45, 2.75) is 63.6 Å². The lowest BCUT2D eigenvalue weighted by Crippen LogP contribution is -2.61. The Morgan fingerprint density at radius 2 is 1.89 bits per heavy atom. The van der Waals surface area contributed by atoms with Gasteiger partial charge in [0.25, 0.3) is 0 Å². The van der Waals surface area contributed by atoms with Crippen LogP contribution in [0.15, 0.2) is 30.5 Å². The van der Waals surface area contributed by atoms with E-state index in [4.69, 9.17) is 14.5 Å². The molecule has 7 rings (SSSR count). The first-order valence-corrected chi connectivity index (χ1v) is 13.9. The van der Waals surface area contributed by atoms with E-state index in [0.717, 1.165) is 61.7 Å². The molecule has 0 amide bonds. The molecule has 2 heterocycles. The molecule has 5 atom stereocenters. The average Bonchev–Trinajstić information content (AvgIpc) is 2.93. The Bertz CT molecular complexity index is 1130. The van der Waals surface area contributed by atoms with E-state index < -0.39 is 0 Å². The lowest BCUT2D eigenvalue weighted by molar-refractivity contribution is -0.0751. The minimum Gasteiger partial charge on any atom is -0.496 e. The first-order valence-electron chi connectivity index (χ1n) is 13.9. The van der Waals surface area contributed by atoms with Gasteiger partial charge in [-0.2, -0.15) is 10.2 Å². The third-order valence-electron chi connectivity index (χ3n) is 9.22. The van der Waals surface area contributed by atoms with Crippen molar-refractivity contribution in [3.63, 3.8) is 0 Å². The van der Waals surface area contributed by atoms with Gasteiger partial charge < -0.3 is 25.4 Å². The molecule has 1 saturated heterocycles. The molecule has 1 aliphatic heterocycles. The van der Waals surface area contributed by atoms with Crippen molar-refractivity contribution in [1.82, 2.24) is 15.3 Å². The number of hydrogen-bond acceptors (Lipinski definition) is 8. The van der Waals surface area contributed by atoms with Gasteiger partial charge in [-0.25, -0.2) is 4.98 Å². The zero-order valence-electron chi connectivity index (χ0n) is 21.7. The summed E-state index contributed by atoms with van der Waals surface area (Å²) in [7, 11) is 1.67. The molecule has 37 heavy (non-hydrogen) atoms. The van der Waals surface area contributed by atoms with E-state index in [1.165, 1.54) is 32.1 Å². The normalized spacial score (nSPS) is 30.6. The smallest absolute Gasteiger partial charge is 0.224 e. The van der Waals surface area contributed by atoms with Gasteiger partial charge in [-0.3, -0.25) is 0 Å². The number of nitrogens with zero attached hydrogens (tertiary/aromatic N) is 3. The number of anilines is 2. The predicted molar refractivity (Wildman–Crippen MR) is 142 cm³/mol. The molecule has 0 radical (unpaired) electrons. The van der Waals surface area contributed by atoms with Crippen molar-refractivity contribution in [2.75, 3.05) is 37.5 Å². The van der Waals surface area contributed by atoms with Crippen LogP contribution in [-0.2, 0) is 11.3 Å². The van der Waals surface area contributed by atoms with Gasteiger partial charge in [0.15, 0.2) is 0 Å². The quantitative estimate of drug-likeness (QED) is 0.465. The van der Waals surface area contributed by atoms with Gasteiger partial charge in [0, 0.05) is 44.0 Å². The minimum atomic E-state index is 0.299. The third kappa shape index (κ3) is 5.12. The van der Waals surface area contributed by atoms with Crippen LogP contribution in [0.3, 0.4) is 0 Å². The number of nitrogens with one attached hydrogen (secondary N) is 3. The summed E-state index contributed by atoms with van der Waals surface area (Å²) < 4.78 is 11.0. The molecule has 4 bridgehead atoms. The van der Waals surface area contributed by atoms with Gasteiger partial charge in [-0.1, -0.05) is 18.2 Å². The van der Waals surface area contributed by atoms with Gasteiger partial charge in [-0.05, 0) is 74.2 Å². The standard InChI is InChI=1S/C29H38N6O2/c1-36-25-5-3-2-4-20(25)16-31-28-32-17-23(15-30)27(35-28)33-18-29-12-19-10-21(13-29)26(22(11-19)14-29)34-24-6-8-37-9-7-24/h2-5,17,19,21-22,24,26,34H,6-14,16,18H2,1H3,(H2,31,32,33,35)/t19?,21-,22+,26-,29+. The number of methoxy groups -OCH3 is 1. The van der Waals surface area contributed by atoms with Crippen molar-refractivity contribution in [3.05, 3.63) is 41.6 Å². The molecule has 1 unspecified atom stereocenters. The molecule has 4 aliphatic carbocycles. The van der Waals surface area contributed by atoms with E-state index in [1.54, 1.807) is 13.3 Å². The Labute approximate surface area is 219 Å². The summed E-state index contributed by atoms with van der Waals surface area (Å²) in [6, 6.07) is 11.5. The molecule has 8 nitrogen and oxygen atoms in total. The van der Waals surface area contributed by atoms with Gasteiger partial charge in [-0.15, -0.1) is 0 Å². The van der Waals surface area contributed by atoms with E-state index >= 15 is 0 Å². The molecule has 2 aromatic rings. The highest BCUT2D eigenvalue weighted by Gasteiger charge is 2.55. The highest BCUT2D eigenvalue weighted by molar-refractivity contribution is 5.53. The molecule has 8 heteroatoms. The van der Waals surface area contributed by atoms with Crippen LogP contribution < -0.4 is 20.7 Å². The summed E-state index contributed by atoms with van der Waals surface area (Å²) in [4.78, 5) is 9.08. The van der Waals surface area contributed by atoms with Crippen molar-refractivity contribution < 1.29 is 9.47 Å². The zero-order chi connectivity index (χ0) is 25.2. The summed E-state index contributed by atoms with van der Waals surface area (Å²) in [5.41, 5.74) is 1.82. The van der Waals surface area contributed by atoms with Crippen LogP contribution >= 0.6 is 0 Å². The lowest BCUT2D eigenvalue weighted by Gasteiger charge is -2.61. The van der Waals surface area contributed by atoms with Crippen LogP contribution in [0.4, 0.5) is 11.8 Å². The van der Waals surface area contributed by atoms with Crippen molar-refractivity contribution in [1.29, 1.82) is 5.26 Å². The maximum Gasteiger partial charge on any atom is 0.224 e. The van der Waals surface area contributed by atoms with Crippen LogP contribution in [-0.4, -0.2) is 48.9 Å². The molecule has 3 N–H and O–H groups in total. The Balaban J connectivity index is 1.11. The number of benzene rings is 1. The highest BCUT2D eigenvalue weighted by Crippen LogP contribution is 2.60. The minimum absolute atomic E-state index is 0.299. The SMILES string of the molecule is COc1ccccc1CNc1ncc(C#N)c(NC[C@@]23CC4C[C@H](C2)[C@@H](NC2CCOCC2)[C@@H](C4)C3)n1. The first kappa shape index (κ1) is 24.4. The number of ether oxygens (including phenoxy) is 2. The second-order valence-electron chi connectivity index (χ2n) is 11.6. The molecule has 5 fully saturated rings. The van der Waals surface area contributed by atoms with Gasteiger partial charge in [0.2, 0.25) is 5.95 Å². The van der Waals surface area contributed by atoms with E-state index in [-0.39, 0.29) is 0 Å². The highest BCUT2D eigenvalue weighted by atomic mass is 16.5. The van der Waals surface area contributed by atoms with Crippen molar-refractivity contribution in [3.8, 4) is 11.8 Å². The molecular formula is C29H38N6O2. The Kier molecular flexibility index (Phi) is 6.92. The first-order chi connectivity index (χ1) is 18.1. The van der Waals surface area contributed by atoms with Crippen LogP contribution in [0.25, 0.3) is 0 Å². The lowest BCUT2D eigenvalue weighted by atomic mass is 9.48. The van der Waals surface area contributed by atoms with E-state index in [2.05, 4.69) is 27.0 Å². The zero-order valence-corrected chi connectivity index (χ0v) is 21.7. The molecule has 1 aromatic heterocycles. The van der Waals surface area contributed by atoms with Crippen LogP contribution in [0.1, 0.15) is 56.1 Å². The number of rotatable bonds is 9. The summed E-state index contributed by atoms with van der Waals surface area (Å²) >= 11 is 0. The number of aromatic nitrogens is 2. The van der Waals surface area contributed by atoms with Gasteiger partial charge in [0.05, 0.1) is 13.3 Å². The largest absolute Gasteiger partial charge is 0.496 e. The third-order valence-corrected chi connectivity index (χ3v) is 9.22. The maximum atomic E-state index is 9.71. The Morgan fingerprint density at radius 1 is 1.11 bits per heavy atom. The molecular weight excluding hydrogens is 464 g/mol. The monoisotopic (exact) mass is 502 g/mol. The number of nitriles is 1. The van der Waals surface area contributed by atoms with Crippen LogP contribution in [0.2, 0.25) is 0 Å². The Morgan fingerprint density at radius 3 is 2.65 bits per heavy atom. The van der Waals surface area contributed by atoms with Gasteiger partial charge in [0.1, 0.15) is 23.2 Å². The summed E-state index contributed by atoms with van der Waals surface area (Å²) in [5.74, 6) is 4.33. The summed E-state index contributed by atoms with van der Waals surface area (Å²) in [6.07, 6.45) is 10.5. The van der Waals surface area contributed by atoms with Crippen LogP contribution in [0, 0.1) is 34.5 Å². The predicted octanol–water partition coefficient (Wildman–Crippen LogP) is 4.34. The van der Waals surface area contributed by atoms with Gasteiger partial charge >= 0.3 is 0 Å².